The number of amides is 3. The van der Waals surface area contributed by atoms with Gasteiger partial charge in [-0.25, -0.2) is 4.98 Å². The molecule has 3 amide bonds. The molecule has 3 aromatic carbocycles. The summed E-state index contributed by atoms with van der Waals surface area (Å²) in [4.78, 5) is 49.5. The highest BCUT2D eigenvalue weighted by Crippen LogP contribution is 2.30. The number of aromatic nitrogens is 1. The van der Waals surface area contributed by atoms with Crippen LogP contribution in [0.4, 0.5) is 11.5 Å². The molecule has 1 aromatic heterocycles. The van der Waals surface area contributed by atoms with Crippen molar-refractivity contribution >= 4 is 29.2 Å². The van der Waals surface area contributed by atoms with Gasteiger partial charge in [-0.05, 0) is 101 Å². The van der Waals surface area contributed by atoms with Gasteiger partial charge in [-0.1, -0.05) is 48.5 Å². The van der Waals surface area contributed by atoms with Crippen molar-refractivity contribution in [3.05, 3.63) is 113 Å². The lowest BCUT2D eigenvalue weighted by atomic mass is 10.0. The second-order valence-corrected chi connectivity index (χ2v) is 13.2. The van der Waals surface area contributed by atoms with Gasteiger partial charge in [-0.3, -0.25) is 14.4 Å². The van der Waals surface area contributed by atoms with Crippen LogP contribution in [0.5, 0.6) is 11.5 Å². The van der Waals surface area contributed by atoms with Gasteiger partial charge >= 0.3 is 0 Å². The number of likely N-dealkylation sites (tertiary alicyclic amines) is 1. The molecule has 10 heteroatoms. The van der Waals surface area contributed by atoms with E-state index in [1.165, 1.54) is 6.20 Å². The number of nitrogens with zero attached hydrogens (tertiary/aromatic N) is 4. The topological polar surface area (TPSA) is 104 Å². The standard InChI is InChI=1S/C41H49N5O5/c1-30-18-20-35(37(27-30)50-26-12-6-9-17-39(47)46-24-22-33(23-25-46)44(2)3)45(4)41(49)32-19-21-38(42-28-32)43-40(48)34-15-10-11-16-36(34)51-29-31-13-7-5-8-14-31/h5,7-8,10-11,13-16,18-21,27-28,33H,6,9,12,17,22-26,29H2,1-4H3,(H,42,43,48). The van der Waals surface area contributed by atoms with Crippen LogP contribution in [0, 0.1) is 6.92 Å². The maximum Gasteiger partial charge on any atom is 0.260 e. The number of aryl methyl sites for hydroxylation is 1. The van der Waals surface area contributed by atoms with Crippen LogP contribution in [0.25, 0.3) is 0 Å². The van der Waals surface area contributed by atoms with Crippen LogP contribution >= 0.6 is 0 Å². The molecule has 1 aliphatic heterocycles. The zero-order valence-electron chi connectivity index (χ0n) is 30.1. The Morgan fingerprint density at radius 3 is 2.31 bits per heavy atom. The number of benzene rings is 3. The Labute approximate surface area is 301 Å². The number of pyridine rings is 1. The predicted octanol–water partition coefficient (Wildman–Crippen LogP) is 6.99. The maximum absolute atomic E-state index is 13.5. The Balaban J connectivity index is 1.10. The monoisotopic (exact) mass is 691 g/mol. The summed E-state index contributed by atoms with van der Waals surface area (Å²) in [5.41, 5.74) is 3.41. The number of rotatable bonds is 15. The van der Waals surface area contributed by atoms with Crippen molar-refractivity contribution in [1.29, 1.82) is 0 Å². The van der Waals surface area contributed by atoms with E-state index in [2.05, 4.69) is 29.3 Å². The highest BCUT2D eigenvalue weighted by Gasteiger charge is 2.23. The number of piperidine rings is 1. The minimum atomic E-state index is -0.365. The van der Waals surface area contributed by atoms with E-state index in [9.17, 15) is 14.4 Å². The Morgan fingerprint density at radius 1 is 0.843 bits per heavy atom. The van der Waals surface area contributed by atoms with Crippen molar-refractivity contribution in [2.45, 2.75) is 58.1 Å². The molecular weight excluding hydrogens is 642 g/mol. The van der Waals surface area contributed by atoms with Crippen LogP contribution in [0.2, 0.25) is 0 Å². The van der Waals surface area contributed by atoms with E-state index < -0.39 is 0 Å². The quantitative estimate of drug-likeness (QED) is 0.134. The van der Waals surface area contributed by atoms with Crippen molar-refractivity contribution in [3.8, 4) is 11.5 Å². The predicted molar refractivity (Wildman–Crippen MR) is 201 cm³/mol. The van der Waals surface area contributed by atoms with Gasteiger partial charge < -0.3 is 29.5 Å². The summed E-state index contributed by atoms with van der Waals surface area (Å²) in [7, 11) is 5.91. The average molecular weight is 692 g/mol. The van der Waals surface area contributed by atoms with Crippen LogP contribution in [0.1, 0.15) is 70.4 Å². The normalized spacial score (nSPS) is 13.2. The van der Waals surface area contributed by atoms with Crippen LogP contribution in [0.15, 0.2) is 91.1 Å². The van der Waals surface area contributed by atoms with Crippen molar-refractivity contribution in [2.24, 2.45) is 0 Å². The van der Waals surface area contributed by atoms with E-state index in [0.717, 1.165) is 56.3 Å². The summed E-state index contributed by atoms with van der Waals surface area (Å²) in [6.45, 7) is 4.48. The van der Waals surface area contributed by atoms with E-state index in [1.807, 2.05) is 66.4 Å². The highest BCUT2D eigenvalue weighted by atomic mass is 16.5. The number of hydrogen-bond acceptors (Lipinski definition) is 7. The van der Waals surface area contributed by atoms with E-state index in [0.29, 0.717) is 59.8 Å². The SMILES string of the molecule is Cc1ccc(N(C)C(=O)c2ccc(NC(=O)c3ccccc3OCc3ccccc3)nc2)c(OCCCCCC(=O)N2CCC(N(C)C)CC2)c1. The molecule has 0 saturated carbocycles. The summed E-state index contributed by atoms with van der Waals surface area (Å²) in [6.07, 6.45) is 6.60. The van der Waals surface area contributed by atoms with Crippen LogP contribution < -0.4 is 19.7 Å². The first-order valence-corrected chi connectivity index (χ1v) is 17.7. The first-order chi connectivity index (χ1) is 24.7. The van der Waals surface area contributed by atoms with Gasteiger partial charge in [0.2, 0.25) is 5.91 Å². The molecule has 0 bridgehead atoms. The lowest BCUT2D eigenvalue weighted by molar-refractivity contribution is -0.132. The molecule has 5 rings (SSSR count). The summed E-state index contributed by atoms with van der Waals surface area (Å²) >= 11 is 0. The lowest BCUT2D eigenvalue weighted by Gasteiger charge is -2.35. The van der Waals surface area contributed by atoms with Gasteiger partial charge in [0.1, 0.15) is 23.9 Å². The van der Waals surface area contributed by atoms with Crippen LogP contribution in [0.3, 0.4) is 0 Å². The Morgan fingerprint density at radius 2 is 1.59 bits per heavy atom. The summed E-state index contributed by atoms with van der Waals surface area (Å²) in [5, 5.41) is 2.81. The van der Waals surface area contributed by atoms with Crippen molar-refractivity contribution < 1.29 is 23.9 Å². The number of para-hydroxylation sites is 1. The smallest absolute Gasteiger partial charge is 0.260 e. The number of carbonyl (C=O) groups excluding carboxylic acids is 3. The Bertz CT molecular complexity index is 1750. The van der Waals surface area contributed by atoms with Gasteiger partial charge in [0.15, 0.2) is 0 Å². The molecule has 51 heavy (non-hydrogen) atoms. The van der Waals surface area contributed by atoms with E-state index >= 15 is 0 Å². The van der Waals surface area contributed by atoms with E-state index in [4.69, 9.17) is 9.47 Å². The average Bonchev–Trinajstić information content (AvgIpc) is 3.15. The largest absolute Gasteiger partial charge is 0.491 e. The van der Waals surface area contributed by atoms with Gasteiger partial charge in [-0.2, -0.15) is 0 Å². The molecule has 1 N–H and O–H groups in total. The Kier molecular flexibility index (Phi) is 13.2. The molecule has 0 unspecified atom stereocenters. The van der Waals surface area contributed by atoms with Crippen molar-refractivity contribution in [3.63, 3.8) is 0 Å². The molecule has 1 saturated heterocycles. The fraction of sp³-hybridized carbons (Fsp3) is 0.366. The van der Waals surface area contributed by atoms with Gasteiger partial charge in [0.25, 0.3) is 11.8 Å². The number of carbonyl (C=O) groups is 3. The lowest BCUT2D eigenvalue weighted by Crippen LogP contribution is -2.44. The van der Waals surface area contributed by atoms with Gasteiger partial charge in [0.05, 0.1) is 23.4 Å². The fourth-order valence-electron chi connectivity index (χ4n) is 6.14. The molecule has 2 heterocycles. The molecule has 0 spiro atoms. The third-order valence-corrected chi connectivity index (χ3v) is 9.24. The first kappa shape index (κ1) is 37.0. The summed E-state index contributed by atoms with van der Waals surface area (Å²) in [5.74, 6) is 1.01. The van der Waals surface area contributed by atoms with Gasteiger partial charge in [-0.15, -0.1) is 0 Å². The molecular formula is C41H49N5O5. The number of ether oxygens (including phenoxy) is 2. The van der Waals surface area contributed by atoms with E-state index in [1.54, 1.807) is 42.3 Å². The van der Waals surface area contributed by atoms with E-state index in [-0.39, 0.29) is 17.7 Å². The number of nitrogens with one attached hydrogen (secondary N) is 1. The molecule has 4 aromatic rings. The molecule has 0 radical (unpaired) electrons. The maximum atomic E-state index is 13.5. The minimum Gasteiger partial charge on any atom is -0.491 e. The molecule has 1 aliphatic rings. The van der Waals surface area contributed by atoms with Crippen molar-refractivity contribution in [2.75, 3.05) is 51.1 Å². The minimum absolute atomic E-state index is 0.244. The number of anilines is 2. The van der Waals surface area contributed by atoms with Gasteiger partial charge in [0, 0.05) is 38.8 Å². The summed E-state index contributed by atoms with van der Waals surface area (Å²) in [6, 6.07) is 26.3. The second kappa shape index (κ2) is 18.1. The number of hydrogen-bond donors (Lipinski definition) is 1. The molecule has 0 aliphatic carbocycles. The Hall–Kier alpha value is -5.22. The zero-order chi connectivity index (χ0) is 36.2. The molecule has 268 valence electrons. The van der Waals surface area contributed by atoms with Crippen LogP contribution in [-0.4, -0.2) is 79.4 Å². The fourth-order valence-corrected chi connectivity index (χ4v) is 6.14. The number of unbranched alkanes of at least 4 members (excludes halogenated alkanes) is 2. The van der Waals surface area contributed by atoms with Crippen LogP contribution in [-0.2, 0) is 11.4 Å². The van der Waals surface area contributed by atoms with Crippen molar-refractivity contribution in [1.82, 2.24) is 14.8 Å². The first-order valence-electron chi connectivity index (χ1n) is 17.7. The molecule has 10 nitrogen and oxygen atoms in total. The molecule has 1 fully saturated rings. The third kappa shape index (κ3) is 10.4. The molecule has 0 atom stereocenters. The highest BCUT2D eigenvalue weighted by molar-refractivity contribution is 6.07. The zero-order valence-corrected chi connectivity index (χ0v) is 30.1. The third-order valence-electron chi connectivity index (χ3n) is 9.24. The summed E-state index contributed by atoms with van der Waals surface area (Å²) < 4.78 is 12.1. The second-order valence-electron chi connectivity index (χ2n) is 13.2.